The number of rotatable bonds is 2. The maximum absolute atomic E-state index is 5.75. The molecule has 2 rings (SSSR count). The fourth-order valence-corrected chi connectivity index (χ4v) is 2.35. The third kappa shape index (κ3) is 1.56. The zero-order chi connectivity index (χ0) is 9.97. The van der Waals surface area contributed by atoms with E-state index in [1.165, 1.54) is 11.1 Å². The largest absolute Gasteiger partial charge is 0.376 e. The molecule has 0 radical (unpaired) electrons. The second kappa shape index (κ2) is 4.11. The Hall–Kier alpha value is -0.860. The van der Waals surface area contributed by atoms with E-state index in [0.29, 0.717) is 12.5 Å². The van der Waals surface area contributed by atoms with Crippen LogP contribution in [-0.2, 0) is 11.2 Å². The predicted molar refractivity (Wildman–Crippen MR) is 57.1 cm³/mol. The first-order valence-electron chi connectivity index (χ1n) is 5.17. The number of ether oxygens (including phenoxy) is 1. The molecule has 0 bridgehead atoms. The molecule has 1 aliphatic rings. The Morgan fingerprint density at radius 3 is 2.93 bits per heavy atom. The molecule has 1 aliphatic carbocycles. The van der Waals surface area contributed by atoms with Gasteiger partial charge in [0.1, 0.15) is 0 Å². The SMILES string of the molecule is COC1c2ccccc2CCC1CN. The highest BCUT2D eigenvalue weighted by atomic mass is 16.5. The number of fused-ring (bicyclic) bond motifs is 1. The van der Waals surface area contributed by atoms with E-state index in [-0.39, 0.29) is 6.10 Å². The van der Waals surface area contributed by atoms with Crippen LogP contribution in [0.3, 0.4) is 0 Å². The highest BCUT2D eigenvalue weighted by Crippen LogP contribution is 2.35. The Balaban J connectivity index is 2.34. The molecule has 0 heterocycles. The van der Waals surface area contributed by atoms with Crippen molar-refractivity contribution in [2.75, 3.05) is 13.7 Å². The molecule has 1 aromatic rings. The molecule has 0 saturated heterocycles. The molecule has 76 valence electrons. The van der Waals surface area contributed by atoms with Crippen molar-refractivity contribution in [2.24, 2.45) is 11.7 Å². The van der Waals surface area contributed by atoms with Crippen molar-refractivity contribution in [3.63, 3.8) is 0 Å². The highest BCUT2D eigenvalue weighted by Gasteiger charge is 2.27. The normalized spacial score (nSPS) is 25.9. The van der Waals surface area contributed by atoms with Crippen molar-refractivity contribution in [2.45, 2.75) is 18.9 Å². The number of benzene rings is 1. The average Bonchev–Trinajstić information content (AvgIpc) is 2.27. The van der Waals surface area contributed by atoms with Crippen molar-refractivity contribution in [1.29, 1.82) is 0 Å². The molecule has 2 heteroatoms. The molecular formula is C12H17NO. The van der Waals surface area contributed by atoms with Gasteiger partial charge < -0.3 is 10.5 Å². The Bertz CT molecular complexity index is 311. The predicted octanol–water partition coefficient (Wildman–Crippen LogP) is 1.90. The van der Waals surface area contributed by atoms with Gasteiger partial charge in [-0.1, -0.05) is 24.3 Å². The summed E-state index contributed by atoms with van der Waals surface area (Å²) in [4.78, 5) is 0. The number of methoxy groups -OCH3 is 1. The number of hydrogen-bond acceptors (Lipinski definition) is 2. The summed E-state index contributed by atoms with van der Waals surface area (Å²) >= 11 is 0. The molecule has 0 fully saturated rings. The van der Waals surface area contributed by atoms with Gasteiger partial charge >= 0.3 is 0 Å². The Morgan fingerprint density at radius 2 is 2.21 bits per heavy atom. The monoisotopic (exact) mass is 191 g/mol. The highest BCUT2D eigenvalue weighted by molar-refractivity contribution is 5.32. The topological polar surface area (TPSA) is 35.2 Å². The fraction of sp³-hybridized carbons (Fsp3) is 0.500. The van der Waals surface area contributed by atoms with Crippen molar-refractivity contribution in [3.05, 3.63) is 35.4 Å². The summed E-state index contributed by atoms with van der Waals surface area (Å²) < 4.78 is 5.54. The van der Waals surface area contributed by atoms with Crippen LogP contribution < -0.4 is 5.73 Å². The summed E-state index contributed by atoms with van der Waals surface area (Å²) in [5, 5.41) is 0. The molecule has 14 heavy (non-hydrogen) atoms. The van der Waals surface area contributed by atoms with Crippen molar-refractivity contribution < 1.29 is 4.74 Å². The van der Waals surface area contributed by atoms with Crippen LogP contribution in [0.25, 0.3) is 0 Å². The maximum Gasteiger partial charge on any atom is 0.0864 e. The van der Waals surface area contributed by atoms with Crippen LogP contribution in [0.4, 0.5) is 0 Å². The van der Waals surface area contributed by atoms with E-state index < -0.39 is 0 Å². The molecule has 2 unspecified atom stereocenters. The first-order chi connectivity index (χ1) is 6.86. The lowest BCUT2D eigenvalue weighted by atomic mass is 9.81. The second-order valence-corrected chi connectivity index (χ2v) is 3.89. The lowest BCUT2D eigenvalue weighted by molar-refractivity contribution is 0.0440. The third-order valence-corrected chi connectivity index (χ3v) is 3.13. The quantitative estimate of drug-likeness (QED) is 0.774. The summed E-state index contributed by atoms with van der Waals surface area (Å²) in [6.07, 6.45) is 2.48. The van der Waals surface area contributed by atoms with Crippen LogP contribution >= 0.6 is 0 Å². The van der Waals surface area contributed by atoms with E-state index >= 15 is 0 Å². The molecule has 0 saturated carbocycles. The fourth-order valence-electron chi connectivity index (χ4n) is 2.35. The minimum absolute atomic E-state index is 0.199. The molecule has 0 spiro atoms. The molecule has 2 nitrogen and oxygen atoms in total. The summed E-state index contributed by atoms with van der Waals surface area (Å²) in [6.45, 7) is 0.715. The lowest BCUT2D eigenvalue weighted by Gasteiger charge is -2.31. The van der Waals surface area contributed by atoms with Crippen LogP contribution in [0.2, 0.25) is 0 Å². The average molecular weight is 191 g/mol. The Kier molecular flexibility index (Phi) is 2.85. The van der Waals surface area contributed by atoms with E-state index in [2.05, 4.69) is 24.3 Å². The van der Waals surface area contributed by atoms with Gasteiger partial charge in [-0.2, -0.15) is 0 Å². The minimum Gasteiger partial charge on any atom is -0.376 e. The van der Waals surface area contributed by atoms with E-state index in [1.54, 1.807) is 7.11 Å². The Morgan fingerprint density at radius 1 is 1.43 bits per heavy atom. The van der Waals surface area contributed by atoms with E-state index in [4.69, 9.17) is 10.5 Å². The molecule has 2 atom stereocenters. The number of hydrogen-bond donors (Lipinski definition) is 1. The smallest absolute Gasteiger partial charge is 0.0864 e. The zero-order valence-corrected chi connectivity index (χ0v) is 8.57. The van der Waals surface area contributed by atoms with Crippen LogP contribution in [0.5, 0.6) is 0 Å². The van der Waals surface area contributed by atoms with Gasteiger partial charge in [0.2, 0.25) is 0 Å². The third-order valence-electron chi connectivity index (χ3n) is 3.13. The van der Waals surface area contributed by atoms with Gasteiger partial charge in [-0.25, -0.2) is 0 Å². The first-order valence-corrected chi connectivity index (χ1v) is 5.17. The van der Waals surface area contributed by atoms with Crippen LogP contribution in [0, 0.1) is 5.92 Å². The number of aryl methyl sites for hydroxylation is 1. The van der Waals surface area contributed by atoms with E-state index in [9.17, 15) is 0 Å². The molecule has 0 aliphatic heterocycles. The van der Waals surface area contributed by atoms with Crippen LogP contribution in [0.15, 0.2) is 24.3 Å². The molecule has 0 aromatic heterocycles. The molecule has 1 aromatic carbocycles. The van der Waals surface area contributed by atoms with Gasteiger partial charge in [0.25, 0.3) is 0 Å². The van der Waals surface area contributed by atoms with Gasteiger partial charge in [0.15, 0.2) is 0 Å². The van der Waals surface area contributed by atoms with E-state index in [1.807, 2.05) is 0 Å². The lowest BCUT2D eigenvalue weighted by Crippen LogP contribution is -2.28. The summed E-state index contributed by atoms with van der Waals surface area (Å²) in [5.41, 5.74) is 8.50. The first kappa shape index (κ1) is 9.69. The molecular weight excluding hydrogens is 174 g/mol. The van der Waals surface area contributed by atoms with E-state index in [0.717, 1.165) is 12.8 Å². The zero-order valence-electron chi connectivity index (χ0n) is 8.57. The van der Waals surface area contributed by atoms with Crippen molar-refractivity contribution in [3.8, 4) is 0 Å². The van der Waals surface area contributed by atoms with Gasteiger partial charge in [-0.05, 0) is 30.5 Å². The minimum atomic E-state index is 0.199. The van der Waals surface area contributed by atoms with Gasteiger partial charge in [0.05, 0.1) is 6.10 Å². The summed E-state index contributed by atoms with van der Waals surface area (Å²) in [6, 6.07) is 8.51. The standard InChI is InChI=1S/C12H17NO/c1-14-12-10(8-13)7-6-9-4-2-3-5-11(9)12/h2-5,10,12H,6-8,13H2,1H3. The van der Waals surface area contributed by atoms with Crippen LogP contribution in [0.1, 0.15) is 23.7 Å². The molecule has 2 N–H and O–H groups in total. The maximum atomic E-state index is 5.75. The summed E-state index contributed by atoms with van der Waals surface area (Å²) in [5.74, 6) is 0.481. The Labute approximate surface area is 85.1 Å². The van der Waals surface area contributed by atoms with Gasteiger partial charge in [-0.15, -0.1) is 0 Å². The molecule has 0 amide bonds. The van der Waals surface area contributed by atoms with Crippen LogP contribution in [-0.4, -0.2) is 13.7 Å². The van der Waals surface area contributed by atoms with Crippen molar-refractivity contribution >= 4 is 0 Å². The van der Waals surface area contributed by atoms with Gasteiger partial charge in [-0.3, -0.25) is 0 Å². The van der Waals surface area contributed by atoms with Gasteiger partial charge in [0, 0.05) is 13.0 Å². The number of nitrogens with two attached hydrogens (primary N) is 1. The second-order valence-electron chi connectivity index (χ2n) is 3.89. The summed E-state index contributed by atoms with van der Waals surface area (Å²) in [7, 11) is 1.77. The van der Waals surface area contributed by atoms with Crippen molar-refractivity contribution in [1.82, 2.24) is 0 Å².